The van der Waals surface area contributed by atoms with Crippen molar-refractivity contribution in [3.05, 3.63) is 30.2 Å². The third-order valence-corrected chi connectivity index (χ3v) is 6.48. The summed E-state index contributed by atoms with van der Waals surface area (Å²) in [5.74, 6) is 0.956. The number of rotatable bonds is 4. The number of nitrogens with zero attached hydrogens (tertiary/aromatic N) is 4. The first-order chi connectivity index (χ1) is 12.2. The van der Waals surface area contributed by atoms with Crippen molar-refractivity contribution >= 4 is 10.9 Å². The van der Waals surface area contributed by atoms with E-state index in [0.29, 0.717) is 6.04 Å². The van der Waals surface area contributed by atoms with Crippen LogP contribution in [0.15, 0.2) is 24.7 Å². The lowest BCUT2D eigenvalue weighted by atomic mass is 9.93. The van der Waals surface area contributed by atoms with Crippen molar-refractivity contribution in [3.8, 4) is 0 Å². The van der Waals surface area contributed by atoms with Gasteiger partial charge in [0, 0.05) is 43.1 Å². The van der Waals surface area contributed by atoms with Crippen molar-refractivity contribution in [2.75, 3.05) is 39.8 Å². The number of pyridine rings is 1. The Morgan fingerprint density at radius 2 is 1.84 bits per heavy atom. The van der Waals surface area contributed by atoms with Crippen LogP contribution in [0.25, 0.3) is 10.9 Å². The molecule has 4 rings (SSSR count). The first-order valence-electron chi connectivity index (χ1n) is 10.0. The predicted octanol–water partition coefficient (Wildman–Crippen LogP) is 3.71. The molecule has 0 aliphatic carbocycles. The molecular weight excluding hydrogens is 308 g/mol. The second kappa shape index (κ2) is 7.46. The SMILES string of the molecule is Cc1cn(C2CCN(CCC3CCN(C)CC3)CC2)c2ccncc12. The van der Waals surface area contributed by atoms with Gasteiger partial charge in [-0.05, 0) is 83.3 Å². The maximum Gasteiger partial charge on any atom is 0.0516 e. The lowest BCUT2D eigenvalue weighted by Crippen LogP contribution is -2.37. The molecule has 4 heteroatoms. The van der Waals surface area contributed by atoms with Crippen LogP contribution in [-0.2, 0) is 0 Å². The van der Waals surface area contributed by atoms with Gasteiger partial charge in [-0.1, -0.05) is 0 Å². The van der Waals surface area contributed by atoms with E-state index in [-0.39, 0.29) is 0 Å². The van der Waals surface area contributed by atoms with E-state index in [1.807, 2.05) is 12.4 Å². The summed E-state index contributed by atoms with van der Waals surface area (Å²) in [6, 6.07) is 2.83. The standard InChI is InChI=1S/C21H32N4/c1-17-16-25(21-3-9-22-15-20(17)21)19-7-13-24(14-8-19)12-6-18-4-10-23(2)11-5-18/h3,9,15-16,18-19H,4-8,10-14H2,1-2H3. The summed E-state index contributed by atoms with van der Waals surface area (Å²) in [7, 11) is 2.25. The molecule has 136 valence electrons. The average molecular weight is 341 g/mol. The molecule has 0 bridgehead atoms. The molecule has 2 aliphatic heterocycles. The van der Waals surface area contributed by atoms with E-state index >= 15 is 0 Å². The molecule has 2 saturated heterocycles. The van der Waals surface area contributed by atoms with Crippen LogP contribution in [0.3, 0.4) is 0 Å². The van der Waals surface area contributed by atoms with E-state index in [4.69, 9.17) is 0 Å². The molecule has 2 aliphatic rings. The zero-order chi connectivity index (χ0) is 17.2. The summed E-state index contributed by atoms with van der Waals surface area (Å²) in [5.41, 5.74) is 2.71. The van der Waals surface area contributed by atoms with Crippen LogP contribution < -0.4 is 0 Å². The second-order valence-electron chi connectivity index (χ2n) is 8.22. The molecule has 2 aromatic heterocycles. The fourth-order valence-electron chi connectivity index (χ4n) is 4.70. The van der Waals surface area contributed by atoms with Gasteiger partial charge in [0.25, 0.3) is 0 Å². The molecule has 4 heterocycles. The molecule has 0 saturated carbocycles. The van der Waals surface area contributed by atoms with Crippen molar-refractivity contribution in [2.45, 2.75) is 45.1 Å². The molecule has 2 aromatic rings. The topological polar surface area (TPSA) is 24.3 Å². The highest BCUT2D eigenvalue weighted by atomic mass is 15.2. The molecular formula is C21H32N4. The summed E-state index contributed by atoms with van der Waals surface area (Å²) in [6.07, 6.45) is 13.0. The fraction of sp³-hybridized carbons (Fsp3) is 0.667. The Balaban J connectivity index is 1.31. The Hall–Kier alpha value is -1.39. The van der Waals surface area contributed by atoms with Gasteiger partial charge in [0.15, 0.2) is 0 Å². The number of aromatic nitrogens is 2. The molecule has 0 atom stereocenters. The Bertz CT molecular complexity index is 691. The number of likely N-dealkylation sites (tertiary alicyclic amines) is 2. The van der Waals surface area contributed by atoms with Crippen LogP contribution >= 0.6 is 0 Å². The summed E-state index contributed by atoms with van der Waals surface area (Å²) in [4.78, 5) is 9.47. The van der Waals surface area contributed by atoms with Crippen LogP contribution in [0.5, 0.6) is 0 Å². The van der Waals surface area contributed by atoms with E-state index in [9.17, 15) is 0 Å². The van der Waals surface area contributed by atoms with Gasteiger partial charge in [-0.25, -0.2) is 0 Å². The van der Waals surface area contributed by atoms with Crippen LogP contribution in [0.1, 0.15) is 43.7 Å². The van der Waals surface area contributed by atoms with Crippen molar-refractivity contribution < 1.29 is 0 Å². The molecule has 4 nitrogen and oxygen atoms in total. The molecule has 0 radical (unpaired) electrons. The van der Waals surface area contributed by atoms with E-state index in [0.717, 1.165) is 5.92 Å². The highest BCUT2D eigenvalue weighted by Crippen LogP contribution is 2.30. The first-order valence-corrected chi connectivity index (χ1v) is 10.0. The van der Waals surface area contributed by atoms with Crippen molar-refractivity contribution in [1.29, 1.82) is 0 Å². The lowest BCUT2D eigenvalue weighted by molar-refractivity contribution is 0.156. The van der Waals surface area contributed by atoms with Gasteiger partial charge >= 0.3 is 0 Å². The highest BCUT2D eigenvalue weighted by molar-refractivity contribution is 5.82. The Morgan fingerprint density at radius 1 is 1.08 bits per heavy atom. The Kier molecular flexibility index (Phi) is 5.09. The van der Waals surface area contributed by atoms with E-state index < -0.39 is 0 Å². The van der Waals surface area contributed by atoms with Crippen LogP contribution in [0, 0.1) is 12.8 Å². The summed E-state index contributed by atoms with van der Waals surface area (Å²) in [6.45, 7) is 8.60. The summed E-state index contributed by atoms with van der Waals surface area (Å²) >= 11 is 0. The number of aryl methyl sites for hydroxylation is 1. The number of piperidine rings is 2. The predicted molar refractivity (Wildman–Crippen MR) is 104 cm³/mol. The van der Waals surface area contributed by atoms with Gasteiger partial charge in [0.1, 0.15) is 0 Å². The lowest BCUT2D eigenvalue weighted by Gasteiger charge is -2.35. The van der Waals surface area contributed by atoms with Crippen LogP contribution in [0.4, 0.5) is 0 Å². The van der Waals surface area contributed by atoms with Crippen LogP contribution in [-0.4, -0.2) is 59.1 Å². The maximum atomic E-state index is 4.29. The molecule has 0 unspecified atom stereocenters. The minimum absolute atomic E-state index is 0.651. The largest absolute Gasteiger partial charge is 0.344 e. The first kappa shape index (κ1) is 17.0. The van der Waals surface area contributed by atoms with E-state index in [2.05, 4.69) is 45.6 Å². The molecule has 0 N–H and O–H groups in total. The molecule has 2 fully saturated rings. The third-order valence-electron chi connectivity index (χ3n) is 6.48. The Morgan fingerprint density at radius 3 is 2.60 bits per heavy atom. The Labute approximate surface area is 151 Å². The molecule has 0 spiro atoms. The van der Waals surface area contributed by atoms with Gasteiger partial charge in [0.05, 0.1) is 5.52 Å². The average Bonchev–Trinajstić information content (AvgIpc) is 2.99. The fourth-order valence-corrected chi connectivity index (χ4v) is 4.70. The van der Waals surface area contributed by atoms with Gasteiger partial charge < -0.3 is 14.4 Å². The number of fused-ring (bicyclic) bond motifs is 1. The highest BCUT2D eigenvalue weighted by Gasteiger charge is 2.23. The van der Waals surface area contributed by atoms with Gasteiger partial charge in [-0.3, -0.25) is 4.98 Å². The van der Waals surface area contributed by atoms with Gasteiger partial charge in [-0.2, -0.15) is 0 Å². The van der Waals surface area contributed by atoms with E-state index in [1.165, 1.54) is 81.3 Å². The van der Waals surface area contributed by atoms with Gasteiger partial charge in [-0.15, -0.1) is 0 Å². The van der Waals surface area contributed by atoms with Crippen LogP contribution in [0.2, 0.25) is 0 Å². The minimum Gasteiger partial charge on any atom is -0.344 e. The second-order valence-corrected chi connectivity index (χ2v) is 8.22. The maximum absolute atomic E-state index is 4.29. The smallest absolute Gasteiger partial charge is 0.0516 e. The molecule has 25 heavy (non-hydrogen) atoms. The zero-order valence-electron chi connectivity index (χ0n) is 15.8. The summed E-state index contributed by atoms with van der Waals surface area (Å²) < 4.78 is 2.51. The quantitative estimate of drug-likeness (QED) is 0.848. The molecule has 0 aromatic carbocycles. The normalized spacial score (nSPS) is 22.0. The summed E-state index contributed by atoms with van der Waals surface area (Å²) in [5, 5.41) is 1.31. The molecule has 0 amide bonds. The van der Waals surface area contributed by atoms with Crippen molar-refractivity contribution in [2.24, 2.45) is 5.92 Å². The zero-order valence-corrected chi connectivity index (χ0v) is 15.8. The number of hydrogen-bond donors (Lipinski definition) is 0. The monoisotopic (exact) mass is 340 g/mol. The number of hydrogen-bond acceptors (Lipinski definition) is 3. The van der Waals surface area contributed by atoms with Crippen molar-refractivity contribution in [3.63, 3.8) is 0 Å². The van der Waals surface area contributed by atoms with Gasteiger partial charge in [0.2, 0.25) is 0 Å². The minimum atomic E-state index is 0.651. The third kappa shape index (κ3) is 3.75. The van der Waals surface area contributed by atoms with Crippen molar-refractivity contribution in [1.82, 2.24) is 19.4 Å². The van der Waals surface area contributed by atoms with E-state index in [1.54, 1.807) is 0 Å².